The second-order valence-electron chi connectivity index (χ2n) is 4.56. The number of nitrogens with one attached hydrogen (secondary N) is 2. The van der Waals surface area contributed by atoms with Crippen LogP contribution in [0, 0.1) is 11.7 Å². The van der Waals surface area contributed by atoms with Gasteiger partial charge in [0.15, 0.2) is 11.6 Å². The number of pyridine rings is 1. The highest BCUT2D eigenvalue weighted by Crippen LogP contribution is 2.14. The van der Waals surface area contributed by atoms with Crippen molar-refractivity contribution in [2.24, 2.45) is 5.92 Å². The summed E-state index contributed by atoms with van der Waals surface area (Å²) in [4.78, 5) is 15.6. The van der Waals surface area contributed by atoms with Crippen LogP contribution in [0.25, 0.3) is 0 Å². The van der Waals surface area contributed by atoms with Gasteiger partial charge >= 0.3 is 0 Å². The van der Waals surface area contributed by atoms with Crippen molar-refractivity contribution in [3.8, 4) is 0 Å². The van der Waals surface area contributed by atoms with Crippen LogP contribution in [-0.2, 0) is 0 Å². The third kappa shape index (κ3) is 3.98. The van der Waals surface area contributed by atoms with Crippen LogP contribution < -0.4 is 10.6 Å². The second-order valence-corrected chi connectivity index (χ2v) is 4.56. The highest BCUT2D eigenvalue weighted by molar-refractivity contribution is 5.95. The smallest absolute Gasteiger partial charge is 0.254 e. The number of anilines is 1. The molecule has 5 heteroatoms. The third-order valence-electron chi connectivity index (χ3n) is 2.61. The van der Waals surface area contributed by atoms with E-state index >= 15 is 0 Å². The van der Waals surface area contributed by atoms with Gasteiger partial charge in [-0.2, -0.15) is 0 Å². The van der Waals surface area contributed by atoms with Gasteiger partial charge in [-0.15, -0.1) is 0 Å². The molecule has 0 spiro atoms. The molecule has 0 saturated heterocycles. The molecule has 0 aliphatic rings. The first-order chi connectivity index (χ1) is 8.56. The Balaban J connectivity index is 2.56. The van der Waals surface area contributed by atoms with E-state index in [-0.39, 0.29) is 11.4 Å². The number of hydrogen-bond acceptors (Lipinski definition) is 3. The van der Waals surface area contributed by atoms with Gasteiger partial charge in [-0.1, -0.05) is 13.8 Å². The summed E-state index contributed by atoms with van der Waals surface area (Å²) in [5.74, 6) is -0.309. The lowest BCUT2D eigenvalue weighted by molar-refractivity contribution is 0.0948. The minimum absolute atomic E-state index is 0.0268. The van der Waals surface area contributed by atoms with Gasteiger partial charge in [0.2, 0.25) is 0 Å². The average Bonchev–Trinajstić information content (AvgIpc) is 2.34. The first kappa shape index (κ1) is 14.4. The van der Waals surface area contributed by atoms with E-state index in [4.69, 9.17) is 0 Å². The van der Waals surface area contributed by atoms with E-state index in [1.165, 1.54) is 12.3 Å². The molecule has 0 aliphatic carbocycles. The molecule has 1 rings (SSSR count). The molecule has 0 aromatic carbocycles. The Bertz CT molecular complexity index is 407. The second kappa shape index (κ2) is 6.93. The summed E-state index contributed by atoms with van der Waals surface area (Å²) >= 11 is 0. The Morgan fingerprint density at radius 3 is 2.83 bits per heavy atom. The topological polar surface area (TPSA) is 54.0 Å². The molecule has 0 radical (unpaired) electrons. The lowest BCUT2D eigenvalue weighted by Crippen LogP contribution is -2.26. The number of carbonyl (C=O) groups excluding carboxylic acids is 1. The highest BCUT2D eigenvalue weighted by atomic mass is 19.1. The molecule has 0 unspecified atom stereocenters. The minimum atomic E-state index is -0.610. The van der Waals surface area contributed by atoms with Crippen molar-refractivity contribution in [2.75, 3.05) is 18.9 Å². The molecule has 0 fully saturated rings. The average molecular weight is 253 g/mol. The van der Waals surface area contributed by atoms with Crippen molar-refractivity contribution >= 4 is 11.7 Å². The minimum Gasteiger partial charge on any atom is -0.371 e. The van der Waals surface area contributed by atoms with Crippen molar-refractivity contribution in [2.45, 2.75) is 26.7 Å². The quantitative estimate of drug-likeness (QED) is 0.766. The van der Waals surface area contributed by atoms with Crippen LogP contribution in [0.4, 0.5) is 10.2 Å². The molecule has 1 aromatic heterocycles. The molecule has 0 bridgehead atoms. The Labute approximate surface area is 107 Å². The molecular weight excluding hydrogens is 233 g/mol. The molecule has 4 nitrogen and oxygen atoms in total. The lowest BCUT2D eigenvalue weighted by atomic mass is 10.1. The first-order valence-electron chi connectivity index (χ1n) is 6.16. The Morgan fingerprint density at radius 2 is 2.22 bits per heavy atom. The highest BCUT2D eigenvalue weighted by Gasteiger charge is 2.14. The molecule has 0 saturated carbocycles. The van der Waals surface area contributed by atoms with Gasteiger partial charge in [-0.25, -0.2) is 9.37 Å². The summed E-state index contributed by atoms with van der Waals surface area (Å²) in [5.41, 5.74) is 0.0268. The maximum absolute atomic E-state index is 13.8. The van der Waals surface area contributed by atoms with Gasteiger partial charge in [0.25, 0.3) is 5.91 Å². The monoisotopic (exact) mass is 253 g/mol. The standard InChI is InChI=1S/C13H20FN3O/c1-9(2)5-4-7-17-13(18)10-6-8-16-12(15-3)11(10)14/h6,8-9H,4-5,7H2,1-3H3,(H,15,16)(H,17,18). The van der Waals surface area contributed by atoms with Crippen LogP contribution in [0.5, 0.6) is 0 Å². The maximum atomic E-state index is 13.8. The number of halogens is 1. The van der Waals surface area contributed by atoms with E-state index in [0.717, 1.165) is 12.8 Å². The SMILES string of the molecule is CNc1nccc(C(=O)NCCCC(C)C)c1F. The van der Waals surface area contributed by atoms with Crippen molar-refractivity contribution in [3.63, 3.8) is 0 Å². The zero-order chi connectivity index (χ0) is 13.5. The van der Waals surface area contributed by atoms with Crippen LogP contribution in [0.15, 0.2) is 12.3 Å². The molecule has 0 atom stereocenters. The van der Waals surface area contributed by atoms with Crippen molar-refractivity contribution in [1.82, 2.24) is 10.3 Å². The zero-order valence-electron chi connectivity index (χ0n) is 11.1. The Kier molecular flexibility index (Phi) is 5.55. The number of nitrogens with zero attached hydrogens (tertiary/aromatic N) is 1. The van der Waals surface area contributed by atoms with Crippen LogP contribution in [0.1, 0.15) is 37.0 Å². The van der Waals surface area contributed by atoms with Gasteiger partial charge in [-0.05, 0) is 24.8 Å². The summed E-state index contributed by atoms with van der Waals surface area (Å²) in [6.45, 7) is 4.82. The number of amides is 1. The fraction of sp³-hybridized carbons (Fsp3) is 0.538. The van der Waals surface area contributed by atoms with Gasteiger partial charge < -0.3 is 10.6 Å². The van der Waals surface area contributed by atoms with Gasteiger partial charge in [0.1, 0.15) is 0 Å². The summed E-state index contributed by atoms with van der Waals surface area (Å²) in [7, 11) is 1.57. The maximum Gasteiger partial charge on any atom is 0.254 e. The van der Waals surface area contributed by atoms with E-state index < -0.39 is 11.7 Å². The fourth-order valence-electron chi connectivity index (χ4n) is 1.60. The van der Waals surface area contributed by atoms with E-state index in [9.17, 15) is 9.18 Å². The van der Waals surface area contributed by atoms with Crippen LogP contribution >= 0.6 is 0 Å². The van der Waals surface area contributed by atoms with Crippen molar-refractivity contribution in [3.05, 3.63) is 23.6 Å². The van der Waals surface area contributed by atoms with Gasteiger partial charge in [-0.3, -0.25) is 4.79 Å². The Morgan fingerprint density at radius 1 is 1.50 bits per heavy atom. The summed E-state index contributed by atoms with van der Waals surface area (Å²) in [6, 6.07) is 1.38. The number of hydrogen-bond donors (Lipinski definition) is 2. The van der Waals surface area contributed by atoms with E-state index in [0.29, 0.717) is 12.5 Å². The summed E-state index contributed by atoms with van der Waals surface area (Å²) in [6.07, 6.45) is 3.35. The van der Waals surface area contributed by atoms with Crippen LogP contribution in [0.2, 0.25) is 0 Å². The molecule has 2 N–H and O–H groups in total. The first-order valence-corrected chi connectivity index (χ1v) is 6.16. The number of carbonyl (C=O) groups is 1. The number of rotatable bonds is 6. The molecule has 0 aliphatic heterocycles. The Hall–Kier alpha value is -1.65. The molecular formula is C13H20FN3O. The normalized spacial score (nSPS) is 10.5. The molecule has 1 amide bonds. The predicted octanol–water partition coefficient (Wildman–Crippen LogP) is 2.43. The molecule has 1 aromatic rings. The summed E-state index contributed by atoms with van der Waals surface area (Å²) < 4.78 is 13.8. The fourth-order valence-corrected chi connectivity index (χ4v) is 1.60. The van der Waals surface area contributed by atoms with Crippen LogP contribution in [0.3, 0.4) is 0 Å². The molecule has 18 heavy (non-hydrogen) atoms. The lowest BCUT2D eigenvalue weighted by Gasteiger charge is -2.09. The summed E-state index contributed by atoms with van der Waals surface area (Å²) in [5, 5.41) is 5.32. The predicted molar refractivity (Wildman–Crippen MR) is 70.1 cm³/mol. The van der Waals surface area contributed by atoms with Gasteiger partial charge in [0.05, 0.1) is 5.56 Å². The number of aromatic nitrogens is 1. The van der Waals surface area contributed by atoms with E-state index in [1.54, 1.807) is 7.05 Å². The third-order valence-corrected chi connectivity index (χ3v) is 2.61. The molecule has 1 heterocycles. The van der Waals surface area contributed by atoms with Gasteiger partial charge in [0, 0.05) is 19.8 Å². The van der Waals surface area contributed by atoms with E-state index in [2.05, 4.69) is 29.5 Å². The van der Waals surface area contributed by atoms with Crippen molar-refractivity contribution < 1.29 is 9.18 Å². The largest absolute Gasteiger partial charge is 0.371 e. The molecule has 100 valence electrons. The van der Waals surface area contributed by atoms with E-state index in [1.807, 2.05) is 0 Å². The zero-order valence-corrected chi connectivity index (χ0v) is 11.1. The van der Waals surface area contributed by atoms with Crippen molar-refractivity contribution in [1.29, 1.82) is 0 Å². The van der Waals surface area contributed by atoms with Crippen LogP contribution in [-0.4, -0.2) is 24.5 Å².